The minimum absolute atomic E-state index is 0.247. The molecule has 0 atom stereocenters. The second-order valence-corrected chi connectivity index (χ2v) is 7.55. The van der Waals surface area contributed by atoms with E-state index in [1.807, 2.05) is 6.07 Å². The maximum absolute atomic E-state index is 14.2. The summed E-state index contributed by atoms with van der Waals surface area (Å²) in [6.45, 7) is 4.24. The Kier molecular flexibility index (Phi) is 4.34. The third-order valence-electron chi connectivity index (χ3n) is 4.55. The highest BCUT2D eigenvalue weighted by molar-refractivity contribution is 7.98. The van der Waals surface area contributed by atoms with E-state index in [1.54, 1.807) is 23.9 Å². The number of aromatic nitrogens is 3. The van der Waals surface area contributed by atoms with E-state index in [0.717, 1.165) is 23.8 Å². The van der Waals surface area contributed by atoms with Crippen LogP contribution in [0.5, 0.6) is 0 Å². The van der Waals surface area contributed by atoms with Crippen molar-refractivity contribution in [3.05, 3.63) is 65.0 Å². The number of benzene rings is 2. The largest absolute Gasteiger partial charge is 0.299 e. The third kappa shape index (κ3) is 3.33. The van der Waals surface area contributed by atoms with Crippen molar-refractivity contribution in [2.45, 2.75) is 43.6 Å². The average molecular weight is 353 g/mol. The first-order chi connectivity index (χ1) is 12.1. The standard InChI is InChI=1S/C20H20FN3S/c1-13-7-8-14(2)15(11-13)12-25-20-23-22-19(24(20)16-9-10-16)17-5-3-4-6-18(17)21/h3-8,11,16H,9-10,12H2,1-2H3. The molecule has 1 heterocycles. The van der Waals surface area contributed by atoms with E-state index in [0.29, 0.717) is 17.4 Å². The number of thioether (sulfide) groups is 1. The summed E-state index contributed by atoms with van der Waals surface area (Å²) in [4.78, 5) is 0. The number of nitrogens with zero attached hydrogens (tertiary/aromatic N) is 3. The van der Waals surface area contributed by atoms with Crippen LogP contribution in [0, 0.1) is 19.7 Å². The van der Waals surface area contributed by atoms with Crippen LogP contribution in [0.1, 0.15) is 35.6 Å². The molecule has 128 valence electrons. The summed E-state index contributed by atoms with van der Waals surface area (Å²) in [7, 11) is 0. The summed E-state index contributed by atoms with van der Waals surface area (Å²) >= 11 is 1.68. The molecule has 1 saturated carbocycles. The molecule has 25 heavy (non-hydrogen) atoms. The van der Waals surface area contributed by atoms with E-state index in [4.69, 9.17) is 0 Å². The Balaban J connectivity index is 1.65. The van der Waals surface area contributed by atoms with E-state index in [9.17, 15) is 4.39 Å². The predicted molar refractivity (Wildman–Crippen MR) is 99.2 cm³/mol. The Hall–Kier alpha value is -2.14. The summed E-state index contributed by atoms with van der Waals surface area (Å²) in [5.74, 6) is 1.24. The fourth-order valence-electron chi connectivity index (χ4n) is 2.96. The molecule has 3 nitrogen and oxygen atoms in total. The quantitative estimate of drug-likeness (QED) is 0.581. The van der Waals surface area contributed by atoms with Gasteiger partial charge in [-0.25, -0.2) is 4.39 Å². The van der Waals surface area contributed by atoms with Crippen molar-refractivity contribution in [2.24, 2.45) is 0 Å². The van der Waals surface area contributed by atoms with Crippen molar-refractivity contribution >= 4 is 11.8 Å². The summed E-state index contributed by atoms with van der Waals surface area (Å²) in [6.07, 6.45) is 2.22. The van der Waals surface area contributed by atoms with Gasteiger partial charge in [-0.05, 0) is 49.9 Å². The molecule has 0 N–H and O–H groups in total. The Bertz CT molecular complexity index is 915. The first-order valence-corrected chi connectivity index (χ1v) is 9.51. The van der Waals surface area contributed by atoms with Crippen LogP contribution in [0.3, 0.4) is 0 Å². The lowest BCUT2D eigenvalue weighted by Gasteiger charge is -2.10. The molecule has 4 rings (SSSR count). The van der Waals surface area contributed by atoms with Crippen molar-refractivity contribution < 1.29 is 4.39 Å². The lowest BCUT2D eigenvalue weighted by atomic mass is 10.1. The van der Waals surface area contributed by atoms with Crippen LogP contribution in [0.4, 0.5) is 4.39 Å². The van der Waals surface area contributed by atoms with Gasteiger partial charge in [0.05, 0.1) is 5.56 Å². The molecule has 1 aliphatic rings. The van der Waals surface area contributed by atoms with Gasteiger partial charge in [-0.3, -0.25) is 4.57 Å². The Morgan fingerprint density at radius 1 is 1.12 bits per heavy atom. The fourth-order valence-corrected chi connectivity index (χ4v) is 4.03. The molecular weight excluding hydrogens is 333 g/mol. The van der Waals surface area contributed by atoms with E-state index in [1.165, 1.54) is 22.8 Å². The second-order valence-electron chi connectivity index (χ2n) is 6.61. The number of hydrogen-bond donors (Lipinski definition) is 0. The third-order valence-corrected chi connectivity index (χ3v) is 5.54. The Morgan fingerprint density at radius 2 is 1.92 bits per heavy atom. The van der Waals surface area contributed by atoms with Gasteiger partial charge < -0.3 is 0 Å². The van der Waals surface area contributed by atoms with Crippen LogP contribution in [0.15, 0.2) is 47.6 Å². The van der Waals surface area contributed by atoms with E-state index in [-0.39, 0.29) is 5.82 Å². The molecule has 0 saturated heterocycles. The monoisotopic (exact) mass is 353 g/mol. The highest BCUT2D eigenvalue weighted by Crippen LogP contribution is 2.42. The fraction of sp³-hybridized carbons (Fsp3) is 0.300. The molecule has 0 radical (unpaired) electrons. The molecule has 1 fully saturated rings. The number of aryl methyl sites for hydroxylation is 2. The highest BCUT2D eigenvalue weighted by Gasteiger charge is 2.30. The summed E-state index contributed by atoms with van der Waals surface area (Å²) in [5, 5.41) is 9.56. The topological polar surface area (TPSA) is 30.7 Å². The molecule has 0 bridgehead atoms. The van der Waals surface area contributed by atoms with Gasteiger partial charge in [-0.1, -0.05) is 47.7 Å². The van der Waals surface area contributed by atoms with Crippen LogP contribution in [0.2, 0.25) is 0 Å². The van der Waals surface area contributed by atoms with Crippen LogP contribution < -0.4 is 0 Å². The Labute approximate surface area is 151 Å². The van der Waals surface area contributed by atoms with Crippen LogP contribution in [-0.2, 0) is 5.75 Å². The molecule has 3 aromatic rings. The zero-order valence-electron chi connectivity index (χ0n) is 14.4. The van der Waals surface area contributed by atoms with Gasteiger partial charge in [0.25, 0.3) is 0 Å². The first-order valence-electron chi connectivity index (χ1n) is 8.52. The SMILES string of the molecule is Cc1ccc(C)c(CSc2nnc(-c3ccccc3F)n2C2CC2)c1. The first kappa shape index (κ1) is 16.3. The molecule has 1 aliphatic carbocycles. The average Bonchev–Trinajstić information content (AvgIpc) is 3.36. The van der Waals surface area contributed by atoms with E-state index in [2.05, 4.69) is 46.8 Å². The molecule has 2 aromatic carbocycles. The smallest absolute Gasteiger partial charge is 0.192 e. The maximum atomic E-state index is 14.2. The molecule has 0 unspecified atom stereocenters. The van der Waals surface area contributed by atoms with E-state index >= 15 is 0 Å². The van der Waals surface area contributed by atoms with Crippen molar-refractivity contribution in [2.75, 3.05) is 0 Å². The number of hydrogen-bond acceptors (Lipinski definition) is 3. The Morgan fingerprint density at radius 3 is 2.68 bits per heavy atom. The zero-order chi connectivity index (χ0) is 17.4. The van der Waals surface area contributed by atoms with Gasteiger partial charge in [-0.15, -0.1) is 10.2 Å². The van der Waals surface area contributed by atoms with Crippen molar-refractivity contribution in [1.82, 2.24) is 14.8 Å². The summed E-state index contributed by atoms with van der Waals surface area (Å²) < 4.78 is 16.3. The number of halogens is 1. The van der Waals surface area contributed by atoms with Crippen molar-refractivity contribution in [3.8, 4) is 11.4 Å². The van der Waals surface area contributed by atoms with Gasteiger partial charge >= 0.3 is 0 Å². The molecule has 0 aliphatic heterocycles. The lowest BCUT2D eigenvalue weighted by Crippen LogP contribution is -2.01. The van der Waals surface area contributed by atoms with E-state index < -0.39 is 0 Å². The van der Waals surface area contributed by atoms with Crippen molar-refractivity contribution in [3.63, 3.8) is 0 Å². The second kappa shape index (κ2) is 6.64. The highest BCUT2D eigenvalue weighted by atomic mass is 32.2. The molecule has 5 heteroatoms. The summed E-state index contributed by atoms with van der Waals surface area (Å²) in [6, 6.07) is 13.7. The van der Waals surface area contributed by atoms with Gasteiger partial charge in [-0.2, -0.15) is 0 Å². The van der Waals surface area contributed by atoms with Crippen LogP contribution in [0.25, 0.3) is 11.4 Å². The molecule has 1 aromatic heterocycles. The minimum Gasteiger partial charge on any atom is -0.299 e. The minimum atomic E-state index is -0.247. The van der Waals surface area contributed by atoms with Crippen LogP contribution >= 0.6 is 11.8 Å². The lowest BCUT2D eigenvalue weighted by molar-refractivity contribution is 0.622. The van der Waals surface area contributed by atoms with Gasteiger partial charge in [0.1, 0.15) is 5.82 Å². The maximum Gasteiger partial charge on any atom is 0.192 e. The van der Waals surface area contributed by atoms with Crippen LogP contribution in [-0.4, -0.2) is 14.8 Å². The molecule has 0 amide bonds. The normalized spacial score (nSPS) is 14.0. The van der Waals surface area contributed by atoms with Crippen molar-refractivity contribution in [1.29, 1.82) is 0 Å². The predicted octanol–water partition coefficient (Wildman–Crippen LogP) is 5.33. The molecular formula is C20H20FN3S. The zero-order valence-corrected chi connectivity index (χ0v) is 15.2. The molecule has 0 spiro atoms. The van der Waals surface area contributed by atoms with Gasteiger partial charge in [0.15, 0.2) is 11.0 Å². The summed E-state index contributed by atoms with van der Waals surface area (Å²) in [5.41, 5.74) is 4.38. The number of rotatable bonds is 5. The van der Waals surface area contributed by atoms with Gasteiger partial charge in [0, 0.05) is 11.8 Å². The van der Waals surface area contributed by atoms with Gasteiger partial charge in [0.2, 0.25) is 0 Å².